The van der Waals surface area contributed by atoms with Crippen LogP contribution in [0.3, 0.4) is 0 Å². The molecule has 0 aromatic rings. The average Bonchev–Trinajstić information content (AvgIpc) is 2.04. The second-order valence-corrected chi connectivity index (χ2v) is 3.19. The molecule has 0 spiro atoms. The summed E-state index contributed by atoms with van der Waals surface area (Å²) in [5.41, 5.74) is 1.36. The van der Waals surface area contributed by atoms with Crippen LogP contribution in [0.1, 0.15) is 13.3 Å². The summed E-state index contributed by atoms with van der Waals surface area (Å²) in [6.45, 7) is 3.17. The second-order valence-electron chi connectivity index (χ2n) is 3.19. The van der Waals surface area contributed by atoms with Crippen molar-refractivity contribution in [1.29, 1.82) is 0 Å². The SMILES string of the molecule is CNCC1C=CC/C=C(C)\C=C/1. The van der Waals surface area contributed by atoms with Gasteiger partial charge in [-0.1, -0.05) is 36.0 Å². The first-order chi connectivity index (χ1) is 5.83. The molecule has 0 heterocycles. The summed E-state index contributed by atoms with van der Waals surface area (Å²) in [6.07, 6.45) is 12.2. The number of hydrogen-bond acceptors (Lipinski definition) is 1. The standard InChI is InChI=1S/C11H17N/c1-10-5-3-4-6-11(8-7-10)9-12-2/h4-8,11-12H,3,9H2,1-2H3/b6-4?,8-7-,10-5-. The molecule has 0 saturated carbocycles. The lowest BCUT2D eigenvalue weighted by Gasteiger charge is -2.08. The molecule has 0 amide bonds. The highest BCUT2D eigenvalue weighted by atomic mass is 14.8. The van der Waals surface area contributed by atoms with Crippen molar-refractivity contribution in [2.45, 2.75) is 13.3 Å². The first kappa shape index (κ1) is 9.27. The number of hydrogen-bond donors (Lipinski definition) is 1. The van der Waals surface area contributed by atoms with Gasteiger partial charge in [-0.2, -0.15) is 0 Å². The molecule has 1 aliphatic carbocycles. The molecule has 1 rings (SSSR count). The number of nitrogens with one attached hydrogen (secondary N) is 1. The van der Waals surface area contributed by atoms with Gasteiger partial charge in [-0.3, -0.25) is 0 Å². The number of rotatable bonds is 2. The Morgan fingerprint density at radius 3 is 3.08 bits per heavy atom. The fraction of sp³-hybridized carbons (Fsp3) is 0.455. The van der Waals surface area contributed by atoms with E-state index in [4.69, 9.17) is 0 Å². The lowest BCUT2D eigenvalue weighted by molar-refractivity contribution is 0.699. The van der Waals surface area contributed by atoms with Gasteiger partial charge >= 0.3 is 0 Å². The van der Waals surface area contributed by atoms with Crippen molar-refractivity contribution in [3.05, 3.63) is 36.0 Å². The molecule has 1 heteroatoms. The van der Waals surface area contributed by atoms with Crippen molar-refractivity contribution in [2.75, 3.05) is 13.6 Å². The molecule has 1 aliphatic rings. The fourth-order valence-electron chi connectivity index (χ4n) is 1.29. The van der Waals surface area contributed by atoms with Crippen LogP contribution in [0.2, 0.25) is 0 Å². The summed E-state index contributed by atoms with van der Waals surface area (Å²) < 4.78 is 0. The van der Waals surface area contributed by atoms with Crippen LogP contribution in [-0.2, 0) is 0 Å². The van der Waals surface area contributed by atoms with E-state index in [0.29, 0.717) is 5.92 Å². The summed E-state index contributed by atoms with van der Waals surface area (Å²) in [4.78, 5) is 0. The first-order valence-corrected chi connectivity index (χ1v) is 4.49. The molecule has 66 valence electrons. The Labute approximate surface area is 74.9 Å². The van der Waals surface area contributed by atoms with Crippen LogP contribution in [-0.4, -0.2) is 13.6 Å². The molecular weight excluding hydrogens is 146 g/mol. The molecule has 0 aliphatic heterocycles. The normalized spacial score (nSPS) is 30.2. The molecule has 1 unspecified atom stereocenters. The van der Waals surface area contributed by atoms with Gasteiger partial charge in [-0.05, 0) is 20.4 Å². The summed E-state index contributed by atoms with van der Waals surface area (Å²) >= 11 is 0. The van der Waals surface area contributed by atoms with Gasteiger partial charge in [-0.15, -0.1) is 0 Å². The van der Waals surface area contributed by atoms with E-state index in [9.17, 15) is 0 Å². The van der Waals surface area contributed by atoms with E-state index in [1.165, 1.54) is 5.57 Å². The third-order valence-electron chi connectivity index (χ3n) is 2.01. The van der Waals surface area contributed by atoms with Gasteiger partial charge in [0.25, 0.3) is 0 Å². The summed E-state index contributed by atoms with van der Waals surface area (Å²) in [6, 6.07) is 0. The van der Waals surface area contributed by atoms with Crippen LogP contribution in [0.25, 0.3) is 0 Å². The summed E-state index contributed by atoms with van der Waals surface area (Å²) in [5, 5.41) is 3.18. The Balaban J connectivity index is 2.60. The van der Waals surface area contributed by atoms with E-state index in [1.807, 2.05) is 7.05 Å². The minimum absolute atomic E-state index is 0.554. The van der Waals surface area contributed by atoms with Gasteiger partial charge in [-0.25, -0.2) is 0 Å². The van der Waals surface area contributed by atoms with E-state index in [2.05, 4.69) is 42.6 Å². The third-order valence-corrected chi connectivity index (χ3v) is 2.01. The summed E-state index contributed by atoms with van der Waals surface area (Å²) in [5.74, 6) is 0.554. The Morgan fingerprint density at radius 2 is 2.33 bits per heavy atom. The predicted octanol–water partition coefficient (Wildman–Crippen LogP) is 2.28. The van der Waals surface area contributed by atoms with Gasteiger partial charge in [0.05, 0.1) is 0 Å². The van der Waals surface area contributed by atoms with E-state index in [-0.39, 0.29) is 0 Å². The summed E-state index contributed by atoms with van der Waals surface area (Å²) in [7, 11) is 1.99. The van der Waals surface area contributed by atoms with Gasteiger partial charge in [0.15, 0.2) is 0 Å². The molecule has 0 radical (unpaired) electrons. The van der Waals surface area contributed by atoms with Gasteiger partial charge < -0.3 is 5.32 Å². The van der Waals surface area contributed by atoms with Gasteiger partial charge in [0.1, 0.15) is 0 Å². The molecule has 1 atom stereocenters. The van der Waals surface area contributed by atoms with Crippen molar-refractivity contribution in [3.8, 4) is 0 Å². The average molecular weight is 163 g/mol. The maximum atomic E-state index is 3.18. The maximum Gasteiger partial charge on any atom is 0.00749 e. The molecule has 1 nitrogen and oxygen atoms in total. The number of allylic oxidation sites excluding steroid dienone is 4. The van der Waals surface area contributed by atoms with E-state index < -0.39 is 0 Å². The van der Waals surface area contributed by atoms with Crippen molar-refractivity contribution in [2.24, 2.45) is 5.92 Å². The Kier molecular flexibility index (Phi) is 3.81. The van der Waals surface area contributed by atoms with Gasteiger partial charge in [0.2, 0.25) is 0 Å². The lowest BCUT2D eigenvalue weighted by atomic mass is 10.0. The fourth-order valence-corrected chi connectivity index (χ4v) is 1.29. The van der Waals surface area contributed by atoms with Crippen LogP contribution < -0.4 is 5.32 Å². The highest BCUT2D eigenvalue weighted by Crippen LogP contribution is 2.08. The Morgan fingerprint density at radius 1 is 1.50 bits per heavy atom. The first-order valence-electron chi connectivity index (χ1n) is 4.49. The van der Waals surface area contributed by atoms with Crippen molar-refractivity contribution in [3.63, 3.8) is 0 Å². The predicted molar refractivity (Wildman–Crippen MR) is 54.1 cm³/mol. The molecule has 0 aromatic heterocycles. The Bertz CT molecular complexity index is 211. The largest absolute Gasteiger partial charge is 0.319 e. The van der Waals surface area contributed by atoms with Crippen LogP contribution >= 0.6 is 0 Å². The quantitative estimate of drug-likeness (QED) is 0.616. The van der Waals surface area contributed by atoms with E-state index >= 15 is 0 Å². The maximum absolute atomic E-state index is 3.18. The molecule has 12 heavy (non-hydrogen) atoms. The zero-order chi connectivity index (χ0) is 8.81. The molecule has 0 fully saturated rings. The van der Waals surface area contributed by atoms with Gasteiger partial charge in [0, 0.05) is 12.5 Å². The van der Waals surface area contributed by atoms with Crippen molar-refractivity contribution in [1.82, 2.24) is 5.32 Å². The highest BCUT2D eigenvalue weighted by Gasteiger charge is 1.98. The van der Waals surface area contributed by atoms with Crippen molar-refractivity contribution < 1.29 is 0 Å². The topological polar surface area (TPSA) is 12.0 Å². The highest BCUT2D eigenvalue weighted by molar-refractivity contribution is 5.21. The molecule has 1 N–H and O–H groups in total. The Hall–Kier alpha value is -0.820. The lowest BCUT2D eigenvalue weighted by Crippen LogP contribution is -2.15. The van der Waals surface area contributed by atoms with Crippen molar-refractivity contribution >= 4 is 0 Å². The van der Waals surface area contributed by atoms with E-state index in [0.717, 1.165) is 13.0 Å². The van der Waals surface area contributed by atoms with Crippen LogP contribution in [0, 0.1) is 5.92 Å². The minimum atomic E-state index is 0.554. The molecule has 0 aromatic carbocycles. The second kappa shape index (κ2) is 4.94. The zero-order valence-electron chi connectivity index (χ0n) is 7.88. The molecule has 0 saturated heterocycles. The van der Waals surface area contributed by atoms with Crippen LogP contribution in [0.4, 0.5) is 0 Å². The molecule has 0 bridgehead atoms. The minimum Gasteiger partial charge on any atom is -0.319 e. The molecular formula is C11H17N. The van der Waals surface area contributed by atoms with Crippen LogP contribution in [0.15, 0.2) is 36.0 Å². The van der Waals surface area contributed by atoms with E-state index in [1.54, 1.807) is 0 Å². The third kappa shape index (κ3) is 3.05. The smallest absolute Gasteiger partial charge is 0.00749 e. The zero-order valence-corrected chi connectivity index (χ0v) is 7.88. The monoisotopic (exact) mass is 163 g/mol. The van der Waals surface area contributed by atoms with Crippen LogP contribution in [0.5, 0.6) is 0 Å².